The van der Waals surface area contributed by atoms with E-state index in [1.807, 2.05) is 0 Å². The van der Waals surface area contributed by atoms with Crippen LogP contribution >= 0.6 is 0 Å². The van der Waals surface area contributed by atoms with Crippen molar-refractivity contribution in [1.29, 1.82) is 0 Å². The van der Waals surface area contributed by atoms with Gasteiger partial charge < -0.3 is 4.74 Å². The van der Waals surface area contributed by atoms with E-state index in [-0.39, 0.29) is 11.6 Å². The van der Waals surface area contributed by atoms with E-state index >= 15 is 0 Å². The lowest BCUT2D eigenvalue weighted by atomic mass is 9.87. The molecular formula is C17H28O2. The largest absolute Gasteiger partial charge is 0.456 e. The van der Waals surface area contributed by atoms with Crippen LogP contribution in [0.15, 0.2) is 12.7 Å². The molecule has 2 aliphatic rings. The van der Waals surface area contributed by atoms with Gasteiger partial charge in [-0.1, -0.05) is 45.1 Å². The van der Waals surface area contributed by atoms with Gasteiger partial charge in [0, 0.05) is 6.08 Å². The molecule has 0 aliphatic heterocycles. The molecule has 2 saturated carbocycles. The second kappa shape index (κ2) is 7.12. The fourth-order valence-electron chi connectivity index (χ4n) is 3.81. The summed E-state index contributed by atoms with van der Waals surface area (Å²) in [4.78, 5) is 11.7. The Kier molecular flexibility index (Phi) is 5.47. The van der Waals surface area contributed by atoms with Gasteiger partial charge in [0.05, 0.1) is 0 Å². The predicted octanol–water partition coefficient (Wildman–Crippen LogP) is 4.78. The summed E-state index contributed by atoms with van der Waals surface area (Å²) in [6.45, 7) is 3.54. The molecule has 0 heterocycles. The summed E-state index contributed by atoms with van der Waals surface area (Å²) < 4.78 is 5.81. The highest BCUT2D eigenvalue weighted by atomic mass is 16.6. The van der Waals surface area contributed by atoms with E-state index in [9.17, 15) is 4.79 Å². The summed E-state index contributed by atoms with van der Waals surface area (Å²) in [6.07, 6.45) is 16.3. The zero-order valence-corrected chi connectivity index (χ0v) is 12.2. The first-order chi connectivity index (χ1) is 9.24. The minimum atomic E-state index is -0.228. The topological polar surface area (TPSA) is 26.3 Å². The molecule has 0 aromatic heterocycles. The normalized spacial score (nSPS) is 32.9. The van der Waals surface area contributed by atoms with Gasteiger partial charge in [-0.25, -0.2) is 4.79 Å². The Morgan fingerprint density at radius 2 is 1.63 bits per heavy atom. The lowest BCUT2D eigenvalue weighted by molar-refractivity contribution is -0.156. The molecule has 2 unspecified atom stereocenters. The van der Waals surface area contributed by atoms with Crippen LogP contribution in [0.1, 0.15) is 77.0 Å². The summed E-state index contributed by atoms with van der Waals surface area (Å²) in [5.41, 5.74) is -0.176. The first kappa shape index (κ1) is 14.6. The van der Waals surface area contributed by atoms with Crippen LogP contribution in [0.25, 0.3) is 0 Å². The average molecular weight is 264 g/mol. The highest BCUT2D eigenvalue weighted by molar-refractivity contribution is 5.81. The molecule has 0 N–H and O–H groups in total. The molecular weight excluding hydrogens is 236 g/mol. The standard InChI is InChI=1S/C17H28O2/c1-2-16(18)19-17-12-7-5-3-4-6-9-15(11-14-17)10-8-13-17/h2,15H,1,3-14H2. The molecule has 2 atom stereocenters. The quantitative estimate of drug-likeness (QED) is 0.530. The van der Waals surface area contributed by atoms with E-state index < -0.39 is 0 Å². The van der Waals surface area contributed by atoms with Gasteiger partial charge >= 0.3 is 5.97 Å². The van der Waals surface area contributed by atoms with Gasteiger partial charge in [-0.15, -0.1) is 0 Å². The maximum Gasteiger partial charge on any atom is 0.330 e. The van der Waals surface area contributed by atoms with Crippen LogP contribution in [0.2, 0.25) is 0 Å². The minimum absolute atomic E-state index is 0.176. The number of esters is 1. The minimum Gasteiger partial charge on any atom is -0.456 e. The Morgan fingerprint density at radius 3 is 2.47 bits per heavy atom. The van der Waals surface area contributed by atoms with E-state index in [4.69, 9.17) is 4.74 Å². The van der Waals surface area contributed by atoms with E-state index in [0.29, 0.717) is 0 Å². The molecule has 2 heteroatoms. The van der Waals surface area contributed by atoms with E-state index in [1.54, 1.807) is 0 Å². The van der Waals surface area contributed by atoms with Crippen molar-refractivity contribution in [3.8, 4) is 0 Å². The zero-order chi connectivity index (χ0) is 13.6. The monoisotopic (exact) mass is 264 g/mol. The Balaban J connectivity index is 2.07. The van der Waals surface area contributed by atoms with E-state index in [2.05, 4.69) is 6.58 Å². The lowest BCUT2D eigenvalue weighted by Gasteiger charge is -2.32. The highest BCUT2D eigenvalue weighted by Crippen LogP contribution is 2.39. The van der Waals surface area contributed by atoms with Crippen molar-refractivity contribution in [1.82, 2.24) is 0 Å². The van der Waals surface area contributed by atoms with Gasteiger partial charge in [0.25, 0.3) is 0 Å². The third kappa shape index (κ3) is 4.36. The summed E-state index contributed by atoms with van der Waals surface area (Å²) in [6, 6.07) is 0. The van der Waals surface area contributed by atoms with Crippen molar-refractivity contribution in [3.05, 3.63) is 12.7 Å². The van der Waals surface area contributed by atoms with Crippen molar-refractivity contribution < 1.29 is 9.53 Å². The Labute approximate surface area is 117 Å². The predicted molar refractivity (Wildman–Crippen MR) is 77.9 cm³/mol. The molecule has 2 fully saturated rings. The summed E-state index contributed by atoms with van der Waals surface area (Å²) in [7, 11) is 0. The number of fused-ring (bicyclic) bond motifs is 3. The van der Waals surface area contributed by atoms with Crippen LogP contribution in [-0.4, -0.2) is 11.6 Å². The summed E-state index contributed by atoms with van der Waals surface area (Å²) >= 11 is 0. The van der Waals surface area contributed by atoms with E-state index in [1.165, 1.54) is 63.9 Å². The summed E-state index contributed by atoms with van der Waals surface area (Å²) in [5.74, 6) is 0.635. The third-order valence-electron chi connectivity index (χ3n) is 4.98. The van der Waals surface area contributed by atoms with Crippen LogP contribution < -0.4 is 0 Å². The maximum atomic E-state index is 11.7. The second-order valence-corrected chi connectivity index (χ2v) is 6.41. The molecule has 108 valence electrons. The number of rotatable bonds is 2. The van der Waals surface area contributed by atoms with Crippen molar-refractivity contribution in [2.24, 2.45) is 5.92 Å². The van der Waals surface area contributed by atoms with Crippen molar-refractivity contribution in [2.75, 3.05) is 0 Å². The molecule has 2 rings (SSSR count). The third-order valence-corrected chi connectivity index (χ3v) is 4.98. The lowest BCUT2D eigenvalue weighted by Crippen LogP contribution is -2.34. The van der Waals surface area contributed by atoms with Crippen LogP contribution in [-0.2, 0) is 9.53 Å². The fourth-order valence-corrected chi connectivity index (χ4v) is 3.81. The first-order valence-electron chi connectivity index (χ1n) is 8.09. The van der Waals surface area contributed by atoms with Gasteiger partial charge in [-0.2, -0.15) is 0 Å². The number of ether oxygens (including phenoxy) is 1. The van der Waals surface area contributed by atoms with Gasteiger partial charge in [0.1, 0.15) is 5.60 Å². The van der Waals surface area contributed by atoms with Crippen LogP contribution in [0.4, 0.5) is 0 Å². The molecule has 0 saturated heterocycles. The number of hydrogen-bond donors (Lipinski definition) is 0. The molecule has 2 nitrogen and oxygen atoms in total. The molecule has 2 bridgehead atoms. The zero-order valence-electron chi connectivity index (χ0n) is 12.2. The van der Waals surface area contributed by atoms with E-state index in [0.717, 1.165) is 25.2 Å². The molecule has 0 amide bonds. The maximum absolute atomic E-state index is 11.7. The number of carbonyl (C=O) groups excluding carboxylic acids is 1. The van der Waals surface area contributed by atoms with Crippen LogP contribution in [0, 0.1) is 5.92 Å². The highest BCUT2D eigenvalue weighted by Gasteiger charge is 2.35. The number of hydrogen-bond acceptors (Lipinski definition) is 2. The van der Waals surface area contributed by atoms with Gasteiger partial charge in [0.2, 0.25) is 0 Å². The molecule has 0 aromatic carbocycles. The molecule has 0 aromatic rings. The van der Waals surface area contributed by atoms with Crippen molar-refractivity contribution >= 4 is 5.97 Å². The molecule has 0 spiro atoms. The molecule has 0 radical (unpaired) electrons. The smallest absolute Gasteiger partial charge is 0.330 e. The SMILES string of the molecule is C=CC(=O)OC12CCCCCCCC(CCC1)CC2. The second-order valence-electron chi connectivity index (χ2n) is 6.41. The Hall–Kier alpha value is -0.790. The Bertz CT molecular complexity index is 310. The number of carbonyl (C=O) groups is 1. The summed E-state index contributed by atoms with van der Waals surface area (Å²) in [5, 5.41) is 0. The average Bonchev–Trinajstić information content (AvgIpc) is 2.61. The molecule has 2 aliphatic carbocycles. The van der Waals surface area contributed by atoms with Crippen molar-refractivity contribution in [2.45, 2.75) is 82.7 Å². The fraction of sp³-hybridized carbons (Fsp3) is 0.824. The van der Waals surface area contributed by atoms with Crippen LogP contribution in [0.5, 0.6) is 0 Å². The Morgan fingerprint density at radius 1 is 0.947 bits per heavy atom. The first-order valence-corrected chi connectivity index (χ1v) is 8.09. The van der Waals surface area contributed by atoms with Crippen LogP contribution in [0.3, 0.4) is 0 Å². The van der Waals surface area contributed by atoms with Gasteiger partial charge in [-0.05, 0) is 44.4 Å². The van der Waals surface area contributed by atoms with Gasteiger partial charge in [0.15, 0.2) is 0 Å². The molecule has 19 heavy (non-hydrogen) atoms. The van der Waals surface area contributed by atoms with Crippen molar-refractivity contribution in [3.63, 3.8) is 0 Å². The van der Waals surface area contributed by atoms with Gasteiger partial charge in [-0.3, -0.25) is 0 Å².